The van der Waals surface area contributed by atoms with Gasteiger partial charge in [-0.2, -0.15) is 0 Å². The van der Waals surface area contributed by atoms with Crippen LogP contribution in [-0.4, -0.2) is 28.9 Å². The number of H-pyrrole nitrogens is 1. The van der Waals surface area contributed by atoms with Crippen LogP contribution in [0, 0.1) is 13.8 Å². The summed E-state index contributed by atoms with van der Waals surface area (Å²) in [6, 6.07) is 13.9. The molecular weight excluding hydrogens is 350 g/mol. The minimum atomic E-state index is -0.0166. The number of nitrogens with one attached hydrogen (secondary N) is 2. The lowest BCUT2D eigenvalue weighted by Gasteiger charge is -2.28. The zero-order valence-electron chi connectivity index (χ0n) is 16.3. The third-order valence-corrected chi connectivity index (χ3v) is 5.47. The zero-order valence-corrected chi connectivity index (χ0v) is 16.3. The minimum Gasteiger partial charge on any atom is -0.358 e. The molecule has 1 amide bonds. The fraction of sp³-hybridized carbons (Fsp3) is 0.304. The molecule has 1 aromatic heterocycles. The number of rotatable bonds is 4. The molecule has 1 aliphatic heterocycles. The average molecular weight is 375 g/mol. The van der Waals surface area contributed by atoms with Crippen molar-refractivity contribution in [3.63, 3.8) is 0 Å². The maximum absolute atomic E-state index is 12.9. The van der Waals surface area contributed by atoms with Crippen LogP contribution in [0.1, 0.15) is 27.9 Å². The van der Waals surface area contributed by atoms with Gasteiger partial charge in [0.15, 0.2) is 5.43 Å². The number of aromatic nitrogens is 1. The number of para-hydroxylation sites is 1. The van der Waals surface area contributed by atoms with Crippen LogP contribution in [0.5, 0.6) is 0 Å². The molecule has 4 rings (SSSR count). The van der Waals surface area contributed by atoms with Crippen molar-refractivity contribution in [1.82, 2.24) is 15.2 Å². The second kappa shape index (κ2) is 7.60. The predicted molar refractivity (Wildman–Crippen MR) is 111 cm³/mol. The summed E-state index contributed by atoms with van der Waals surface area (Å²) in [7, 11) is 0. The van der Waals surface area contributed by atoms with Gasteiger partial charge in [-0.1, -0.05) is 42.0 Å². The number of amides is 1. The zero-order chi connectivity index (χ0) is 19.7. The standard InChI is InChI=1S/C23H25N3O2/c1-15-6-8-17(9-7-15)12-24-21(27)14-26-11-10-20-19(13-26)23(28)18-5-3-4-16(2)22(18)25-20/h3-9H,10-14H2,1-2H3,(H,24,27)(H,25,28). The minimum absolute atomic E-state index is 0.0166. The maximum Gasteiger partial charge on any atom is 0.234 e. The molecule has 0 aliphatic carbocycles. The molecule has 0 saturated carbocycles. The van der Waals surface area contributed by atoms with Crippen LogP contribution >= 0.6 is 0 Å². The van der Waals surface area contributed by atoms with E-state index in [-0.39, 0.29) is 11.3 Å². The van der Waals surface area contributed by atoms with Crippen molar-refractivity contribution < 1.29 is 4.79 Å². The van der Waals surface area contributed by atoms with Crippen molar-refractivity contribution in [2.24, 2.45) is 0 Å². The predicted octanol–water partition coefficient (Wildman–Crippen LogP) is 2.82. The lowest BCUT2D eigenvalue weighted by molar-refractivity contribution is -0.122. The quantitative estimate of drug-likeness (QED) is 0.737. The Balaban J connectivity index is 1.44. The molecule has 2 heterocycles. The van der Waals surface area contributed by atoms with Gasteiger partial charge in [0.25, 0.3) is 0 Å². The number of benzene rings is 2. The highest BCUT2D eigenvalue weighted by Gasteiger charge is 2.22. The Morgan fingerprint density at radius 1 is 1.14 bits per heavy atom. The molecule has 2 N–H and O–H groups in total. The van der Waals surface area contributed by atoms with Crippen LogP contribution in [0.3, 0.4) is 0 Å². The van der Waals surface area contributed by atoms with Crippen molar-refractivity contribution in [3.8, 4) is 0 Å². The first-order chi connectivity index (χ1) is 13.5. The number of aromatic amines is 1. The van der Waals surface area contributed by atoms with Gasteiger partial charge in [0.05, 0.1) is 12.1 Å². The van der Waals surface area contributed by atoms with E-state index < -0.39 is 0 Å². The van der Waals surface area contributed by atoms with E-state index in [1.165, 1.54) is 5.56 Å². The summed E-state index contributed by atoms with van der Waals surface area (Å²) < 4.78 is 0. The van der Waals surface area contributed by atoms with Gasteiger partial charge in [-0.05, 0) is 31.0 Å². The number of pyridine rings is 1. The number of carbonyl (C=O) groups excluding carboxylic acids is 1. The average Bonchev–Trinajstić information content (AvgIpc) is 2.69. The van der Waals surface area contributed by atoms with Gasteiger partial charge in [-0.15, -0.1) is 0 Å². The SMILES string of the molecule is Cc1ccc(CNC(=O)CN2CCc3[nH]c4c(C)cccc4c(=O)c3C2)cc1. The molecule has 28 heavy (non-hydrogen) atoms. The van der Waals surface area contributed by atoms with Crippen molar-refractivity contribution in [3.05, 3.63) is 80.6 Å². The Hall–Kier alpha value is -2.92. The summed E-state index contributed by atoms with van der Waals surface area (Å²) in [5.74, 6) is -0.0166. The Labute approximate surface area is 164 Å². The second-order valence-corrected chi connectivity index (χ2v) is 7.63. The maximum atomic E-state index is 12.9. The van der Waals surface area contributed by atoms with Crippen LogP contribution < -0.4 is 10.7 Å². The van der Waals surface area contributed by atoms with Gasteiger partial charge in [-0.3, -0.25) is 14.5 Å². The molecular formula is C23H25N3O2. The number of nitrogens with zero attached hydrogens (tertiary/aromatic N) is 1. The second-order valence-electron chi connectivity index (χ2n) is 7.63. The molecule has 0 radical (unpaired) electrons. The van der Waals surface area contributed by atoms with Gasteiger partial charge in [0, 0.05) is 42.7 Å². The highest BCUT2D eigenvalue weighted by atomic mass is 16.2. The molecule has 144 valence electrons. The summed E-state index contributed by atoms with van der Waals surface area (Å²) in [4.78, 5) is 30.8. The fourth-order valence-electron chi connectivity index (χ4n) is 3.80. The number of aryl methyl sites for hydroxylation is 2. The van der Waals surface area contributed by atoms with Crippen LogP contribution in [0.2, 0.25) is 0 Å². The Bertz CT molecular complexity index is 1080. The molecule has 1 aliphatic rings. The number of fused-ring (bicyclic) bond motifs is 2. The van der Waals surface area contributed by atoms with E-state index >= 15 is 0 Å². The van der Waals surface area contributed by atoms with Gasteiger partial charge in [0.1, 0.15) is 0 Å². The fourth-order valence-corrected chi connectivity index (χ4v) is 3.80. The molecule has 0 fully saturated rings. The summed E-state index contributed by atoms with van der Waals surface area (Å²) in [6.07, 6.45) is 0.750. The molecule has 0 unspecified atom stereocenters. The molecule has 0 bridgehead atoms. The third kappa shape index (κ3) is 3.71. The van der Waals surface area contributed by atoms with Crippen molar-refractivity contribution in [2.75, 3.05) is 13.1 Å². The normalized spacial score (nSPS) is 14.1. The Morgan fingerprint density at radius 3 is 2.71 bits per heavy atom. The monoisotopic (exact) mass is 375 g/mol. The summed E-state index contributed by atoms with van der Waals surface area (Å²) >= 11 is 0. The molecule has 0 saturated heterocycles. The topological polar surface area (TPSA) is 65.2 Å². The van der Waals surface area contributed by atoms with Gasteiger partial charge < -0.3 is 10.3 Å². The highest BCUT2D eigenvalue weighted by Crippen LogP contribution is 2.20. The summed E-state index contributed by atoms with van der Waals surface area (Å²) in [5.41, 5.74) is 6.16. The van der Waals surface area contributed by atoms with Crippen LogP contribution in [0.15, 0.2) is 47.3 Å². The van der Waals surface area contributed by atoms with E-state index in [4.69, 9.17) is 0 Å². The first-order valence-electron chi connectivity index (χ1n) is 9.69. The summed E-state index contributed by atoms with van der Waals surface area (Å²) in [6.45, 7) is 6.15. The summed E-state index contributed by atoms with van der Waals surface area (Å²) in [5, 5.41) is 3.70. The lowest BCUT2D eigenvalue weighted by Crippen LogP contribution is -2.41. The van der Waals surface area contributed by atoms with E-state index in [0.717, 1.165) is 46.3 Å². The van der Waals surface area contributed by atoms with E-state index in [9.17, 15) is 9.59 Å². The van der Waals surface area contributed by atoms with E-state index in [1.807, 2.05) is 61.2 Å². The largest absolute Gasteiger partial charge is 0.358 e. The number of carbonyl (C=O) groups is 1. The smallest absolute Gasteiger partial charge is 0.234 e. The van der Waals surface area contributed by atoms with Crippen LogP contribution in [-0.2, 0) is 24.3 Å². The van der Waals surface area contributed by atoms with Crippen molar-refractivity contribution >= 4 is 16.8 Å². The highest BCUT2D eigenvalue weighted by molar-refractivity contribution is 5.82. The number of hydrogen-bond acceptors (Lipinski definition) is 3. The van der Waals surface area contributed by atoms with E-state index in [1.54, 1.807) is 0 Å². The van der Waals surface area contributed by atoms with Crippen molar-refractivity contribution in [1.29, 1.82) is 0 Å². The molecule has 3 aromatic rings. The molecule has 0 atom stereocenters. The van der Waals surface area contributed by atoms with Gasteiger partial charge in [-0.25, -0.2) is 0 Å². The first kappa shape index (κ1) is 18.4. The molecule has 0 spiro atoms. The van der Waals surface area contributed by atoms with Crippen LogP contribution in [0.4, 0.5) is 0 Å². The van der Waals surface area contributed by atoms with Gasteiger partial charge >= 0.3 is 0 Å². The molecule has 5 nitrogen and oxygen atoms in total. The Morgan fingerprint density at radius 2 is 1.93 bits per heavy atom. The Kier molecular flexibility index (Phi) is 5.01. The van der Waals surface area contributed by atoms with E-state index in [0.29, 0.717) is 19.6 Å². The van der Waals surface area contributed by atoms with Crippen LogP contribution in [0.25, 0.3) is 10.9 Å². The number of hydrogen-bond donors (Lipinski definition) is 2. The van der Waals surface area contributed by atoms with E-state index in [2.05, 4.69) is 10.3 Å². The van der Waals surface area contributed by atoms with Crippen molar-refractivity contribution in [2.45, 2.75) is 33.4 Å². The third-order valence-electron chi connectivity index (χ3n) is 5.47. The molecule has 5 heteroatoms. The van der Waals surface area contributed by atoms with Gasteiger partial charge in [0.2, 0.25) is 5.91 Å². The lowest BCUT2D eigenvalue weighted by atomic mass is 10.0. The first-order valence-corrected chi connectivity index (χ1v) is 9.69. The molecule has 2 aromatic carbocycles.